The van der Waals surface area contributed by atoms with Crippen LogP contribution < -0.4 is 4.90 Å². The Morgan fingerprint density at radius 1 is 0.893 bits per heavy atom. The van der Waals surface area contributed by atoms with E-state index in [0.29, 0.717) is 11.1 Å². The summed E-state index contributed by atoms with van der Waals surface area (Å²) in [6, 6.07) is 12.4. The standard InChI is InChI=1S/C24H31NO3/c1-4-7-8-10-13-18-16-17-20(24(27)28)21(22(18)25(5-2)6-3)23(26)19-14-11-9-12-15-19/h9,11-12,14-17H,4-8,10,13H2,1-3H3,(H,27,28). The van der Waals surface area contributed by atoms with Gasteiger partial charge in [-0.1, -0.05) is 62.6 Å². The molecule has 2 rings (SSSR count). The van der Waals surface area contributed by atoms with Crippen molar-refractivity contribution in [2.75, 3.05) is 18.0 Å². The summed E-state index contributed by atoms with van der Waals surface area (Å²) in [6.45, 7) is 7.69. The van der Waals surface area contributed by atoms with E-state index in [0.717, 1.165) is 43.6 Å². The van der Waals surface area contributed by atoms with Gasteiger partial charge in [-0.2, -0.15) is 0 Å². The molecule has 4 nitrogen and oxygen atoms in total. The minimum Gasteiger partial charge on any atom is -0.478 e. The molecule has 0 bridgehead atoms. The van der Waals surface area contributed by atoms with Crippen LogP contribution in [0.15, 0.2) is 42.5 Å². The third-order valence-corrected chi connectivity index (χ3v) is 5.13. The predicted octanol–water partition coefficient (Wildman–Crippen LogP) is 5.58. The number of carbonyl (C=O) groups is 2. The van der Waals surface area contributed by atoms with Crippen LogP contribution in [0.5, 0.6) is 0 Å². The highest BCUT2D eigenvalue weighted by Crippen LogP contribution is 2.32. The molecule has 2 aromatic carbocycles. The minimum atomic E-state index is -1.06. The van der Waals surface area contributed by atoms with Gasteiger partial charge in [-0.05, 0) is 38.3 Å². The first-order chi connectivity index (χ1) is 13.5. The molecule has 28 heavy (non-hydrogen) atoms. The molecule has 0 unspecified atom stereocenters. The van der Waals surface area contributed by atoms with Gasteiger partial charge in [-0.15, -0.1) is 0 Å². The maximum atomic E-state index is 13.4. The predicted molar refractivity (Wildman–Crippen MR) is 115 cm³/mol. The Hall–Kier alpha value is -2.62. The SMILES string of the molecule is CCCCCCc1ccc(C(=O)O)c(C(=O)c2ccccc2)c1N(CC)CC. The zero-order valence-electron chi connectivity index (χ0n) is 17.2. The molecule has 0 radical (unpaired) electrons. The molecule has 0 aliphatic heterocycles. The molecule has 0 fully saturated rings. The Bertz CT molecular complexity index is 795. The number of nitrogens with zero attached hydrogens (tertiary/aromatic N) is 1. The van der Waals surface area contributed by atoms with Gasteiger partial charge in [0.1, 0.15) is 0 Å². The van der Waals surface area contributed by atoms with E-state index in [9.17, 15) is 14.7 Å². The van der Waals surface area contributed by atoms with Gasteiger partial charge in [0.25, 0.3) is 0 Å². The van der Waals surface area contributed by atoms with Crippen LogP contribution in [0.3, 0.4) is 0 Å². The number of ketones is 1. The highest BCUT2D eigenvalue weighted by molar-refractivity contribution is 6.18. The molecule has 0 amide bonds. The quantitative estimate of drug-likeness (QED) is 0.407. The van der Waals surface area contributed by atoms with Gasteiger partial charge >= 0.3 is 5.97 Å². The smallest absolute Gasteiger partial charge is 0.336 e. The van der Waals surface area contributed by atoms with E-state index >= 15 is 0 Å². The molecular weight excluding hydrogens is 350 g/mol. The molecule has 2 aromatic rings. The monoisotopic (exact) mass is 381 g/mol. The average Bonchev–Trinajstić information content (AvgIpc) is 2.72. The Balaban J connectivity index is 2.62. The molecule has 0 saturated carbocycles. The molecule has 0 aliphatic carbocycles. The number of benzene rings is 2. The molecular formula is C24H31NO3. The van der Waals surface area contributed by atoms with Gasteiger partial charge in [0, 0.05) is 18.7 Å². The maximum absolute atomic E-state index is 13.4. The van der Waals surface area contributed by atoms with E-state index in [2.05, 4.69) is 11.8 Å². The number of aromatic carboxylic acids is 1. The maximum Gasteiger partial charge on any atom is 0.336 e. The number of carboxylic acids is 1. The van der Waals surface area contributed by atoms with Crippen LogP contribution in [0, 0.1) is 0 Å². The molecule has 0 aliphatic rings. The zero-order chi connectivity index (χ0) is 20.5. The van der Waals surface area contributed by atoms with E-state index in [4.69, 9.17) is 0 Å². The number of carbonyl (C=O) groups excluding carboxylic acids is 1. The normalized spacial score (nSPS) is 10.7. The molecule has 150 valence electrons. The summed E-state index contributed by atoms with van der Waals surface area (Å²) in [4.78, 5) is 27.4. The van der Waals surface area contributed by atoms with Crippen molar-refractivity contribution in [3.63, 3.8) is 0 Å². The van der Waals surface area contributed by atoms with Crippen LogP contribution in [0.1, 0.15) is 78.3 Å². The first kappa shape index (κ1) is 21.7. The van der Waals surface area contributed by atoms with Gasteiger partial charge < -0.3 is 10.0 Å². The van der Waals surface area contributed by atoms with E-state index in [1.807, 2.05) is 26.0 Å². The van der Waals surface area contributed by atoms with Crippen molar-refractivity contribution < 1.29 is 14.7 Å². The molecule has 0 heterocycles. The lowest BCUT2D eigenvalue weighted by molar-refractivity contribution is 0.0693. The van der Waals surface area contributed by atoms with Gasteiger partial charge in [0.2, 0.25) is 0 Å². The summed E-state index contributed by atoms with van der Waals surface area (Å²) in [5, 5.41) is 9.78. The Labute approximate surface area is 168 Å². The highest BCUT2D eigenvalue weighted by atomic mass is 16.4. The van der Waals surface area contributed by atoms with Gasteiger partial charge in [-0.3, -0.25) is 4.79 Å². The van der Waals surface area contributed by atoms with Crippen LogP contribution in [0.2, 0.25) is 0 Å². The summed E-state index contributed by atoms with van der Waals surface area (Å²) in [5.74, 6) is -1.29. The van der Waals surface area contributed by atoms with Crippen LogP contribution in [0.25, 0.3) is 0 Å². The lowest BCUT2D eigenvalue weighted by atomic mass is 9.91. The third-order valence-electron chi connectivity index (χ3n) is 5.13. The third kappa shape index (κ3) is 5.00. The second-order valence-electron chi connectivity index (χ2n) is 6.98. The second-order valence-corrected chi connectivity index (χ2v) is 6.98. The fourth-order valence-corrected chi connectivity index (χ4v) is 3.62. The topological polar surface area (TPSA) is 57.6 Å². The average molecular weight is 382 g/mol. The summed E-state index contributed by atoms with van der Waals surface area (Å²) in [5.41, 5.74) is 2.75. The molecule has 1 N–H and O–H groups in total. The van der Waals surface area contributed by atoms with Crippen molar-refractivity contribution in [2.24, 2.45) is 0 Å². The fraction of sp³-hybridized carbons (Fsp3) is 0.417. The Morgan fingerprint density at radius 2 is 1.57 bits per heavy atom. The van der Waals surface area contributed by atoms with Crippen LogP contribution in [-0.2, 0) is 6.42 Å². The van der Waals surface area contributed by atoms with E-state index < -0.39 is 5.97 Å². The first-order valence-electron chi connectivity index (χ1n) is 10.3. The van der Waals surface area contributed by atoms with Crippen molar-refractivity contribution in [3.8, 4) is 0 Å². The number of hydrogen-bond acceptors (Lipinski definition) is 3. The summed E-state index contributed by atoms with van der Waals surface area (Å²) in [7, 11) is 0. The van der Waals surface area contributed by atoms with Gasteiger partial charge in [-0.25, -0.2) is 4.79 Å². The number of aryl methyl sites for hydroxylation is 1. The lowest BCUT2D eigenvalue weighted by Crippen LogP contribution is -2.27. The molecule has 0 aromatic heterocycles. The van der Waals surface area contributed by atoms with Crippen LogP contribution in [0.4, 0.5) is 5.69 Å². The van der Waals surface area contributed by atoms with Crippen molar-refractivity contribution in [1.29, 1.82) is 0 Å². The summed E-state index contributed by atoms with van der Waals surface area (Å²) < 4.78 is 0. The van der Waals surface area contributed by atoms with Crippen LogP contribution in [-0.4, -0.2) is 29.9 Å². The molecule has 0 atom stereocenters. The Kier molecular flexibility index (Phi) is 8.24. The molecule has 0 spiro atoms. The Morgan fingerprint density at radius 3 is 2.14 bits per heavy atom. The van der Waals surface area contributed by atoms with E-state index in [-0.39, 0.29) is 11.3 Å². The lowest BCUT2D eigenvalue weighted by Gasteiger charge is -2.28. The second kappa shape index (κ2) is 10.6. The van der Waals surface area contributed by atoms with Crippen molar-refractivity contribution in [2.45, 2.75) is 52.9 Å². The van der Waals surface area contributed by atoms with Crippen molar-refractivity contribution in [1.82, 2.24) is 0 Å². The molecule has 4 heteroatoms. The number of rotatable bonds is 11. The zero-order valence-corrected chi connectivity index (χ0v) is 17.2. The number of hydrogen-bond donors (Lipinski definition) is 1. The van der Waals surface area contributed by atoms with Gasteiger partial charge in [0.05, 0.1) is 16.8 Å². The summed E-state index contributed by atoms with van der Waals surface area (Å²) >= 11 is 0. The highest BCUT2D eigenvalue weighted by Gasteiger charge is 2.26. The summed E-state index contributed by atoms with van der Waals surface area (Å²) in [6.07, 6.45) is 5.37. The minimum absolute atomic E-state index is 0.0769. The molecule has 0 saturated heterocycles. The number of carboxylic acid groups (broad SMARTS) is 1. The van der Waals surface area contributed by atoms with Crippen molar-refractivity contribution >= 4 is 17.4 Å². The van der Waals surface area contributed by atoms with Crippen molar-refractivity contribution in [3.05, 3.63) is 64.7 Å². The number of unbranched alkanes of at least 4 members (excludes halogenated alkanes) is 3. The largest absolute Gasteiger partial charge is 0.478 e. The van der Waals surface area contributed by atoms with Crippen LogP contribution >= 0.6 is 0 Å². The van der Waals surface area contributed by atoms with E-state index in [1.54, 1.807) is 30.3 Å². The first-order valence-corrected chi connectivity index (χ1v) is 10.3. The van der Waals surface area contributed by atoms with Gasteiger partial charge in [0.15, 0.2) is 5.78 Å². The number of anilines is 1. The van der Waals surface area contributed by atoms with E-state index in [1.165, 1.54) is 12.8 Å². The fourth-order valence-electron chi connectivity index (χ4n) is 3.62.